The topological polar surface area (TPSA) is 72.2 Å². The van der Waals surface area contributed by atoms with E-state index in [1.807, 2.05) is 0 Å². The van der Waals surface area contributed by atoms with Gasteiger partial charge in [-0.1, -0.05) is 17.7 Å². The second kappa shape index (κ2) is 6.56. The van der Waals surface area contributed by atoms with Crippen LogP contribution >= 0.6 is 11.6 Å². The lowest BCUT2D eigenvalue weighted by Crippen LogP contribution is -2.17. The van der Waals surface area contributed by atoms with Crippen molar-refractivity contribution >= 4 is 29.0 Å². The average Bonchev–Trinajstić information content (AvgIpc) is 2.96. The predicted octanol–water partition coefficient (Wildman–Crippen LogP) is 3.59. The van der Waals surface area contributed by atoms with Crippen molar-refractivity contribution in [3.8, 4) is 0 Å². The minimum Gasteiger partial charge on any atom is -0.326 e. The summed E-state index contributed by atoms with van der Waals surface area (Å²) in [6, 6.07) is 6.63. The molecule has 2 aromatic heterocycles. The maximum Gasteiger partial charge on any atom is 0.453 e. The molecule has 1 aromatic carbocycles. The highest BCUT2D eigenvalue weighted by Gasteiger charge is 2.37. The first kappa shape index (κ1) is 18.1. The van der Waals surface area contributed by atoms with Crippen LogP contribution in [0.1, 0.15) is 22.8 Å². The average molecular weight is 384 g/mol. The Morgan fingerprint density at radius 2 is 2.00 bits per heavy atom. The van der Waals surface area contributed by atoms with E-state index in [0.717, 1.165) is 4.52 Å². The van der Waals surface area contributed by atoms with Gasteiger partial charge in [-0.3, -0.25) is 4.79 Å². The Balaban J connectivity index is 1.91. The van der Waals surface area contributed by atoms with Crippen molar-refractivity contribution in [3.63, 3.8) is 0 Å². The van der Waals surface area contributed by atoms with Crippen molar-refractivity contribution in [1.82, 2.24) is 19.6 Å². The zero-order valence-electron chi connectivity index (χ0n) is 13.7. The van der Waals surface area contributed by atoms with Gasteiger partial charge in [-0.25, -0.2) is 9.50 Å². The molecule has 0 radical (unpaired) electrons. The predicted molar refractivity (Wildman–Crippen MR) is 89.0 cm³/mol. The fraction of sp³-hybridized carbons (Fsp3) is 0.250. The van der Waals surface area contributed by atoms with E-state index in [9.17, 15) is 18.0 Å². The molecule has 0 saturated heterocycles. The fourth-order valence-corrected chi connectivity index (χ4v) is 2.71. The monoisotopic (exact) mass is 383 g/mol. The molecule has 0 bridgehead atoms. The van der Waals surface area contributed by atoms with Crippen LogP contribution in [0, 0.1) is 13.8 Å². The molecule has 0 aliphatic rings. The Morgan fingerprint density at radius 1 is 1.27 bits per heavy atom. The van der Waals surface area contributed by atoms with Gasteiger partial charge < -0.3 is 5.32 Å². The number of fused-ring (bicyclic) bond motifs is 1. The number of amides is 1. The SMILES string of the molecule is Cc1nc2nc(C(F)(F)F)nn2c(C)c1CC(=O)Nc1cccc(Cl)c1. The molecule has 1 amide bonds. The third-order valence-electron chi connectivity index (χ3n) is 3.75. The van der Waals surface area contributed by atoms with Crippen LogP contribution < -0.4 is 5.32 Å². The molecule has 136 valence electrons. The molecule has 0 fully saturated rings. The Bertz CT molecular complexity index is 999. The lowest BCUT2D eigenvalue weighted by molar-refractivity contribution is -0.144. The molecular weight excluding hydrogens is 371 g/mol. The van der Waals surface area contributed by atoms with Gasteiger partial charge in [-0.05, 0) is 32.0 Å². The molecule has 0 unspecified atom stereocenters. The Kier molecular flexibility index (Phi) is 4.57. The molecule has 6 nitrogen and oxygen atoms in total. The maximum absolute atomic E-state index is 12.8. The molecule has 3 aromatic rings. The van der Waals surface area contributed by atoms with E-state index in [0.29, 0.717) is 27.7 Å². The van der Waals surface area contributed by atoms with E-state index in [2.05, 4.69) is 20.4 Å². The third-order valence-corrected chi connectivity index (χ3v) is 3.98. The van der Waals surface area contributed by atoms with Crippen LogP contribution in [0.4, 0.5) is 18.9 Å². The highest BCUT2D eigenvalue weighted by Crippen LogP contribution is 2.27. The first-order chi connectivity index (χ1) is 12.1. The second-order valence-electron chi connectivity index (χ2n) is 5.64. The first-order valence-corrected chi connectivity index (χ1v) is 7.88. The van der Waals surface area contributed by atoms with Crippen molar-refractivity contribution in [2.75, 3.05) is 5.32 Å². The smallest absolute Gasteiger partial charge is 0.326 e. The largest absolute Gasteiger partial charge is 0.453 e. The van der Waals surface area contributed by atoms with Crippen LogP contribution in [-0.4, -0.2) is 25.5 Å². The second-order valence-corrected chi connectivity index (χ2v) is 6.08. The Hall–Kier alpha value is -2.68. The van der Waals surface area contributed by atoms with Gasteiger partial charge in [0.1, 0.15) is 0 Å². The normalized spacial score (nSPS) is 11.8. The molecule has 0 atom stereocenters. The van der Waals surface area contributed by atoms with Crippen LogP contribution in [0.25, 0.3) is 5.78 Å². The van der Waals surface area contributed by atoms with Gasteiger partial charge in [-0.2, -0.15) is 18.2 Å². The zero-order chi connectivity index (χ0) is 19.1. The summed E-state index contributed by atoms with van der Waals surface area (Å²) in [7, 11) is 0. The summed E-state index contributed by atoms with van der Waals surface area (Å²) in [5, 5.41) is 6.62. The fourth-order valence-electron chi connectivity index (χ4n) is 2.52. The van der Waals surface area contributed by atoms with Gasteiger partial charge in [0.05, 0.1) is 6.42 Å². The van der Waals surface area contributed by atoms with Gasteiger partial charge in [0, 0.05) is 27.7 Å². The first-order valence-electron chi connectivity index (χ1n) is 7.50. The molecule has 10 heteroatoms. The van der Waals surface area contributed by atoms with Crippen LogP contribution in [0.2, 0.25) is 5.02 Å². The lowest BCUT2D eigenvalue weighted by atomic mass is 10.1. The minimum absolute atomic E-state index is 0.0751. The van der Waals surface area contributed by atoms with Crippen LogP contribution in [0.3, 0.4) is 0 Å². The zero-order valence-corrected chi connectivity index (χ0v) is 14.5. The molecule has 0 spiro atoms. The number of carbonyl (C=O) groups is 1. The number of alkyl halides is 3. The molecule has 1 N–H and O–H groups in total. The molecule has 2 heterocycles. The number of hydrogen-bond acceptors (Lipinski definition) is 4. The number of aromatic nitrogens is 4. The number of benzene rings is 1. The standard InChI is InChI=1S/C16H13ClF3N5O/c1-8-12(7-13(26)22-11-5-3-4-10(17)6-11)9(2)25-15(21-8)23-14(24-25)16(18,19)20/h3-6H,7H2,1-2H3,(H,22,26). The van der Waals surface area contributed by atoms with Gasteiger partial charge in [-0.15, -0.1) is 5.10 Å². The maximum atomic E-state index is 12.8. The van der Waals surface area contributed by atoms with Gasteiger partial charge in [0.15, 0.2) is 0 Å². The van der Waals surface area contributed by atoms with E-state index in [1.54, 1.807) is 38.1 Å². The quantitative estimate of drug-likeness (QED) is 0.750. The summed E-state index contributed by atoms with van der Waals surface area (Å²) in [6.45, 7) is 3.18. The van der Waals surface area contributed by atoms with E-state index < -0.39 is 12.0 Å². The van der Waals surface area contributed by atoms with Gasteiger partial charge in [0.25, 0.3) is 11.6 Å². The summed E-state index contributed by atoms with van der Waals surface area (Å²) >= 11 is 5.87. The number of halogens is 4. The van der Waals surface area contributed by atoms with Gasteiger partial charge in [0.2, 0.25) is 5.91 Å². The Morgan fingerprint density at radius 3 is 2.65 bits per heavy atom. The van der Waals surface area contributed by atoms with Crippen molar-refractivity contribution < 1.29 is 18.0 Å². The molecular formula is C16H13ClF3N5O. The van der Waals surface area contributed by atoms with Crippen molar-refractivity contribution in [2.45, 2.75) is 26.4 Å². The van der Waals surface area contributed by atoms with Crippen molar-refractivity contribution in [2.24, 2.45) is 0 Å². The van der Waals surface area contributed by atoms with Crippen LogP contribution in [-0.2, 0) is 17.4 Å². The number of carbonyl (C=O) groups excluding carboxylic acids is 1. The number of nitrogens with zero attached hydrogens (tertiary/aromatic N) is 4. The third kappa shape index (κ3) is 3.62. The number of aryl methyl sites for hydroxylation is 2. The summed E-state index contributed by atoms with van der Waals surface area (Å²) in [4.78, 5) is 19.7. The number of nitrogens with one attached hydrogen (secondary N) is 1. The Labute approximate surface area is 151 Å². The highest BCUT2D eigenvalue weighted by molar-refractivity contribution is 6.30. The van der Waals surface area contributed by atoms with Gasteiger partial charge >= 0.3 is 6.18 Å². The molecule has 0 aliphatic carbocycles. The summed E-state index contributed by atoms with van der Waals surface area (Å²) in [5.74, 6) is -1.78. The lowest BCUT2D eigenvalue weighted by Gasteiger charge is -2.11. The van der Waals surface area contributed by atoms with E-state index >= 15 is 0 Å². The minimum atomic E-state index is -4.67. The molecule has 0 saturated carbocycles. The van der Waals surface area contributed by atoms with E-state index in [4.69, 9.17) is 11.6 Å². The summed E-state index contributed by atoms with van der Waals surface area (Å²) < 4.78 is 39.4. The van der Waals surface area contributed by atoms with Crippen molar-refractivity contribution in [3.05, 3.63) is 52.1 Å². The molecule has 0 aliphatic heterocycles. The number of hydrogen-bond donors (Lipinski definition) is 1. The molecule has 3 rings (SSSR count). The van der Waals surface area contributed by atoms with E-state index in [-0.39, 0.29) is 18.1 Å². The highest BCUT2D eigenvalue weighted by atomic mass is 35.5. The summed E-state index contributed by atoms with van der Waals surface area (Å²) in [5.41, 5.74) is 1.79. The van der Waals surface area contributed by atoms with Crippen LogP contribution in [0.5, 0.6) is 0 Å². The summed E-state index contributed by atoms with van der Waals surface area (Å²) in [6.07, 6.45) is -4.74. The number of anilines is 1. The molecule has 26 heavy (non-hydrogen) atoms. The van der Waals surface area contributed by atoms with Crippen molar-refractivity contribution in [1.29, 1.82) is 0 Å². The van der Waals surface area contributed by atoms with Crippen LogP contribution in [0.15, 0.2) is 24.3 Å². The number of rotatable bonds is 3. The van der Waals surface area contributed by atoms with E-state index in [1.165, 1.54) is 0 Å².